The van der Waals surface area contributed by atoms with Crippen molar-refractivity contribution >= 4 is 57.2 Å². The molecule has 4 aromatic heterocycles. The molecule has 3 saturated heterocycles. The van der Waals surface area contributed by atoms with Gasteiger partial charge in [-0.2, -0.15) is 19.9 Å². The number of aromatic amines is 1. The number of rotatable bonds is 5. The van der Waals surface area contributed by atoms with Gasteiger partial charge in [0.2, 0.25) is 10.6 Å². The highest BCUT2D eigenvalue weighted by molar-refractivity contribution is 6.29. The Morgan fingerprint density at radius 2 is 1.31 bits per heavy atom. The van der Waals surface area contributed by atoms with Crippen LogP contribution in [0.4, 0.5) is 11.6 Å². The molecule has 1 atom stereocenters. The summed E-state index contributed by atoms with van der Waals surface area (Å²) in [6.07, 6.45) is 2.74. The van der Waals surface area contributed by atoms with Crippen LogP contribution in [0.15, 0.2) is 0 Å². The Morgan fingerprint density at radius 1 is 0.729 bits per heavy atom. The number of halogens is 2. The first-order valence-electron chi connectivity index (χ1n) is 16.0. The molecule has 18 heteroatoms. The molecular formula is C30H44Cl2N10O6. The fourth-order valence-corrected chi connectivity index (χ4v) is 6.03. The van der Waals surface area contributed by atoms with Crippen molar-refractivity contribution in [3.05, 3.63) is 22.2 Å². The zero-order valence-electron chi connectivity index (χ0n) is 27.9. The molecule has 0 bridgehead atoms. The van der Waals surface area contributed by atoms with Gasteiger partial charge in [0.1, 0.15) is 34.6 Å². The summed E-state index contributed by atoms with van der Waals surface area (Å²) in [7, 11) is 1.00. The molecule has 3 aliphatic rings. The largest absolute Gasteiger partial charge is 0.400 e. The van der Waals surface area contributed by atoms with Crippen molar-refractivity contribution in [3.8, 4) is 0 Å². The molecule has 7 rings (SSSR count). The fraction of sp³-hybridized carbons (Fsp3) is 0.667. The van der Waals surface area contributed by atoms with E-state index in [1.165, 1.54) is 0 Å². The van der Waals surface area contributed by atoms with Gasteiger partial charge in [-0.15, -0.1) is 0 Å². The van der Waals surface area contributed by atoms with Crippen LogP contribution in [0.25, 0.3) is 22.3 Å². The van der Waals surface area contributed by atoms with Crippen LogP contribution in [-0.4, -0.2) is 121 Å². The molecule has 3 fully saturated rings. The number of aliphatic hydroxyl groups is 3. The number of H-pyrrole nitrogens is 1. The Balaban J connectivity index is 0.000000184. The van der Waals surface area contributed by atoms with Crippen LogP contribution < -0.4 is 9.80 Å². The minimum Gasteiger partial charge on any atom is -0.400 e. The van der Waals surface area contributed by atoms with Gasteiger partial charge in [-0.05, 0) is 70.2 Å². The van der Waals surface area contributed by atoms with E-state index in [1.54, 1.807) is 27.7 Å². The minimum atomic E-state index is -1.14. The average Bonchev–Trinajstić information content (AvgIpc) is 3.69. The van der Waals surface area contributed by atoms with Gasteiger partial charge in [-0.1, -0.05) is 0 Å². The average molecular weight is 712 g/mol. The summed E-state index contributed by atoms with van der Waals surface area (Å²) in [6, 6.07) is 0. The number of morpholine rings is 2. The van der Waals surface area contributed by atoms with E-state index in [0.717, 1.165) is 39.5 Å². The quantitative estimate of drug-likeness (QED) is 0.221. The Labute approximate surface area is 288 Å². The van der Waals surface area contributed by atoms with Gasteiger partial charge in [0, 0.05) is 39.9 Å². The first-order valence-corrected chi connectivity index (χ1v) is 16.7. The van der Waals surface area contributed by atoms with Crippen molar-refractivity contribution in [2.75, 3.05) is 76.1 Å². The number of imidazole rings is 2. The number of nitrogens with one attached hydrogen (secondary N) is 1. The highest BCUT2D eigenvalue weighted by Gasteiger charge is 2.33. The number of nitrogens with zero attached hydrogens (tertiary/aromatic N) is 9. The zero-order chi connectivity index (χ0) is 34.6. The number of aliphatic hydroxyl groups excluding tert-OH is 1. The first kappa shape index (κ1) is 36.3. The van der Waals surface area contributed by atoms with Gasteiger partial charge >= 0.3 is 0 Å². The van der Waals surface area contributed by atoms with E-state index in [0.29, 0.717) is 91.7 Å². The summed E-state index contributed by atoms with van der Waals surface area (Å²) in [5.41, 5.74) is 0.182. The zero-order valence-corrected chi connectivity index (χ0v) is 29.4. The van der Waals surface area contributed by atoms with Crippen LogP contribution >= 0.6 is 23.2 Å². The molecule has 1 unspecified atom stereocenters. The summed E-state index contributed by atoms with van der Waals surface area (Å²) in [5.74, 6) is 2.35. The van der Waals surface area contributed by atoms with Crippen molar-refractivity contribution < 1.29 is 29.5 Å². The predicted octanol–water partition coefficient (Wildman–Crippen LogP) is 2.92. The van der Waals surface area contributed by atoms with Crippen molar-refractivity contribution in [3.63, 3.8) is 0 Å². The maximum Gasteiger partial charge on any atom is 0.226 e. The Kier molecular flexibility index (Phi) is 11.6. The molecule has 4 aromatic rings. The maximum absolute atomic E-state index is 10.7. The van der Waals surface area contributed by atoms with Gasteiger partial charge in [0.05, 0.1) is 26.4 Å². The van der Waals surface area contributed by atoms with E-state index in [9.17, 15) is 10.2 Å². The summed E-state index contributed by atoms with van der Waals surface area (Å²) in [5, 5.41) is 28.1. The van der Waals surface area contributed by atoms with Crippen LogP contribution in [-0.2, 0) is 25.4 Å². The topological polar surface area (TPSA) is 193 Å². The molecule has 0 spiro atoms. The monoisotopic (exact) mass is 710 g/mol. The lowest BCUT2D eigenvalue weighted by Crippen LogP contribution is -2.37. The summed E-state index contributed by atoms with van der Waals surface area (Å²) >= 11 is 12.2. The normalized spacial score (nSPS) is 19.2. The standard InChI is InChI=1S/C17H24ClN5O3.C12H16ClN5O2.CH4O/c1-17(2,24)15-19-12-13(22-6-9-25-10-7-22)20-16(18)21-14(12)23(15)11-5-3-4-8-26-11;1-12(2,19)10-14-7-8(15-10)16-11(13)17-9(7)18-3-5-20-6-4-18;1-2/h11,24H,3-10H2,1-2H3;19H,3-6H2,1-2H3,(H,14,15,16,17);2H,1H3. The number of hydrogen-bond donors (Lipinski definition) is 4. The first-order chi connectivity index (χ1) is 22.9. The summed E-state index contributed by atoms with van der Waals surface area (Å²) in [4.78, 5) is 33.6. The van der Waals surface area contributed by atoms with Gasteiger partial charge < -0.3 is 44.3 Å². The number of aromatic nitrogens is 8. The van der Waals surface area contributed by atoms with Crippen LogP contribution in [0.3, 0.4) is 0 Å². The molecule has 0 saturated carbocycles. The van der Waals surface area contributed by atoms with Gasteiger partial charge in [0.15, 0.2) is 28.4 Å². The van der Waals surface area contributed by atoms with Crippen molar-refractivity contribution in [1.82, 2.24) is 39.5 Å². The highest BCUT2D eigenvalue weighted by Crippen LogP contribution is 2.35. The van der Waals surface area contributed by atoms with Crippen molar-refractivity contribution in [2.45, 2.75) is 64.4 Å². The molecule has 3 aliphatic heterocycles. The lowest BCUT2D eigenvalue weighted by Gasteiger charge is -2.29. The Morgan fingerprint density at radius 3 is 1.88 bits per heavy atom. The Bertz CT molecular complexity index is 1670. The molecule has 16 nitrogen and oxygen atoms in total. The van der Waals surface area contributed by atoms with Crippen molar-refractivity contribution in [1.29, 1.82) is 0 Å². The lowest BCUT2D eigenvalue weighted by atomic mass is 10.1. The molecular weight excluding hydrogens is 667 g/mol. The van der Waals surface area contributed by atoms with Gasteiger partial charge in [-0.25, -0.2) is 9.97 Å². The number of ether oxygens (including phenoxy) is 3. The van der Waals surface area contributed by atoms with Crippen LogP contribution in [0.1, 0.15) is 64.8 Å². The molecule has 48 heavy (non-hydrogen) atoms. The second-order valence-corrected chi connectivity index (χ2v) is 13.2. The highest BCUT2D eigenvalue weighted by atomic mass is 35.5. The van der Waals surface area contributed by atoms with Gasteiger partial charge in [-0.3, -0.25) is 4.57 Å². The van der Waals surface area contributed by atoms with E-state index >= 15 is 0 Å². The molecule has 0 aromatic carbocycles. The predicted molar refractivity (Wildman–Crippen MR) is 181 cm³/mol. The van der Waals surface area contributed by atoms with E-state index in [2.05, 4.69) is 39.7 Å². The van der Waals surface area contributed by atoms with Gasteiger partial charge in [0.25, 0.3) is 0 Å². The minimum absolute atomic E-state index is 0.146. The third kappa shape index (κ3) is 8.08. The van der Waals surface area contributed by atoms with Crippen LogP contribution in [0, 0.1) is 0 Å². The molecule has 4 N–H and O–H groups in total. The van der Waals surface area contributed by atoms with Crippen molar-refractivity contribution in [2.24, 2.45) is 0 Å². The summed E-state index contributed by atoms with van der Waals surface area (Å²) in [6.45, 7) is 12.9. The SMILES string of the molecule is CC(C)(O)c1nc2c(N3CCOCC3)nc(Cl)nc2n1C1CCCCO1.CC(C)(O)c1nc2nc(Cl)nc(N3CCOCC3)c2[nH]1.CO. The molecule has 0 aliphatic carbocycles. The molecule has 0 amide bonds. The van der Waals surface area contributed by atoms with Crippen LogP contribution in [0.5, 0.6) is 0 Å². The second-order valence-electron chi connectivity index (χ2n) is 12.5. The van der Waals surface area contributed by atoms with E-state index < -0.39 is 11.2 Å². The van der Waals surface area contributed by atoms with Crippen LogP contribution in [0.2, 0.25) is 10.6 Å². The third-order valence-electron chi connectivity index (χ3n) is 7.99. The third-order valence-corrected chi connectivity index (χ3v) is 8.33. The number of fused-ring (bicyclic) bond motifs is 2. The van der Waals surface area contributed by atoms with E-state index in [4.69, 9.17) is 47.5 Å². The number of hydrogen-bond acceptors (Lipinski definition) is 14. The molecule has 264 valence electrons. The maximum atomic E-state index is 10.7. The summed E-state index contributed by atoms with van der Waals surface area (Å²) < 4.78 is 18.6. The molecule has 7 heterocycles. The van der Waals surface area contributed by atoms with E-state index in [-0.39, 0.29) is 16.8 Å². The van der Waals surface area contributed by atoms with E-state index in [1.807, 2.05) is 4.57 Å². The smallest absolute Gasteiger partial charge is 0.226 e. The molecule has 0 radical (unpaired) electrons. The lowest BCUT2D eigenvalue weighted by molar-refractivity contribution is -0.0405. The second kappa shape index (κ2) is 15.3. The fourth-order valence-electron chi connectivity index (χ4n) is 5.71. The Hall–Kier alpha value is -2.96. The number of anilines is 2.